The third-order valence-corrected chi connectivity index (χ3v) is 6.31. The molecule has 0 aliphatic carbocycles. The number of ether oxygens (including phenoxy) is 2. The Morgan fingerprint density at radius 1 is 1.00 bits per heavy atom. The summed E-state index contributed by atoms with van der Waals surface area (Å²) in [4.78, 5) is 62.9. The Kier molecular flexibility index (Phi) is 9.20. The topological polar surface area (TPSA) is 145 Å². The first kappa shape index (κ1) is 28.7. The van der Waals surface area contributed by atoms with Crippen molar-refractivity contribution < 1.29 is 33.6 Å². The molecule has 1 aliphatic rings. The Balaban J connectivity index is 1.48. The van der Waals surface area contributed by atoms with Crippen LogP contribution in [-0.2, 0) is 30.5 Å². The van der Waals surface area contributed by atoms with Crippen LogP contribution in [-0.4, -0.2) is 58.1 Å². The number of hydrogen-bond acceptors (Lipinski definition) is 8. The summed E-state index contributed by atoms with van der Waals surface area (Å²) in [6, 6.07) is 19.9. The molecule has 1 heterocycles. The van der Waals surface area contributed by atoms with Crippen LogP contribution in [0.2, 0.25) is 0 Å². The van der Waals surface area contributed by atoms with Crippen molar-refractivity contribution in [2.24, 2.45) is 0 Å². The van der Waals surface area contributed by atoms with Crippen molar-refractivity contribution in [3.05, 3.63) is 112 Å². The van der Waals surface area contributed by atoms with E-state index in [9.17, 15) is 29.3 Å². The highest BCUT2D eigenvalue weighted by atomic mass is 16.6. The summed E-state index contributed by atoms with van der Waals surface area (Å²) < 4.78 is 10.8. The number of benzene rings is 3. The van der Waals surface area contributed by atoms with Crippen LogP contribution in [0, 0.1) is 10.1 Å². The van der Waals surface area contributed by atoms with Gasteiger partial charge in [-0.15, -0.1) is 0 Å². The van der Waals surface area contributed by atoms with Crippen molar-refractivity contribution in [1.29, 1.82) is 0 Å². The SMILES string of the molecule is CC(=O)C(C(=O)OCc1ccc([N+](=O)[O-])cc1)N1C(=O)[C@H](NC(=O)COc2ccccc2)[C@@H]1C=Cc1ccccc1. The first-order valence-corrected chi connectivity index (χ1v) is 12.7. The van der Waals surface area contributed by atoms with Crippen molar-refractivity contribution in [2.75, 3.05) is 6.61 Å². The molecule has 1 fully saturated rings. The van der Waals surface area contributed by atoms with E-state index < -0.39 is 46.6 Å². The van der Waals surface area contributed by atoms with Gasteiger partial charge in [0.25, 0.3) is 11.6 Å². The van der Waals surface area contributed by atoms with Gasteiger partial charge in [-0.3, -0.25) is 24.5 Å². The normalized spacial score (nSPS) is 16.9. The number of ketones is 1. The van der Waals surface area contributed by atoms with Crippen LogP contribution in [0.5, 0.6) is 5.75 Å². The molecule has 210 valence electrons. The largest absolute Gasteiger partial charge is 0.484 e. The zero-order valence-electron chi connectivity index (χ0n) is 22.0. The van der Waals surface area contributed by atoms with Gasteiger partial charge in [0.2, 0.25) is 5.91 Å². The van der Waals surface area contributed by atoms with Gasteiger partial charge in [0.15, 0.2) is 18.4 Å². The summed E-state index contributed by atoms with van der Waals surface area (Å²) in [5.41, 5.74) is 1.15. The number of rotatable bonds is 12. The third-order valence-electron chi connectivity index (χ3n) is 6.31. The fourth-order valence-corrected chi connectivity index (χ4v) is 4.26. The van der Waals surface area contributed by atoms with Crippen LogP contribution >= 0.6 is 0 Å². The maximum absolute atomic E-state index is 13.2. The van der Waals surface area contributed by atoms with Gasteiger partial charge in [-0.05, 0) is 42.3 Å². The molecule has 4 rings (SSSR count). The van der Waals surface area contributed by atoms with Gasteiger partial charge in [-0.1, -0.05) is 60.7 Å². The summed E-state index contributed by atoms with van der Waals surface area (Å²) in [7, 11) is 0. The number of likely N-dealkylation sites (tertiary alicyclic amines) is 1. The Hall–Kier alpha value is -5.32. The molecule has 0 saturated carbocycles. The molecule has 11 nitrogen and oxygen atoms in total. The number of carbonyl (C=O) groups excluding carboxylic acids is 4. The summed E-state index contributed by atoms with van der Waals surface area (Å²) in [5.74, 6) is -2.28. The summed E-state index contributed by atoms with van der Waals surface area (Å²) in [5, 5.41) is 13.5. The van der Waals surface area contributed by atoms with Gasteiger partial charge in [0.05, 0.1) is 11.0 Å². The van der Waals surface area contributed by atoms with E-state index in [0.29, 0.717) is 11.3 Å². The van der Waals surface area contributed by atoms with Crippen molar-refractivity contribution >= 4 is 35.3 Å². The number of esters is 1. The summed E-state index contributed by atoms with van der Waals surface area (Å²) in [6.07, 6.45) is 3.36. The predicted molar refractivity (Wildman–Crippen MR) is 147 cm³/mol. The number of nitro benzene ring substituents is 1. The molecule has 11 heteroatoms. The van der Waals surface area contributed by atoms with E-state index in [4.69, 9.17) is 9.47 Å². The minimum atomic E-state index is -1.56. The molecule has 0 bridgehead atoms. The number of nitrogens with zero attached hydrogens (tertiary/aromatic N) is 2. The number of nitrogens with one attached hydrogen (secondary N) is 1. The smallest absolute Gasteiger partial charge is 0.337 e. The van der Waals surface area contributed by atoms with E-state index in [-0.39, 0.29) is 18.9 Å². The molecule has 0 spiro atoms. The van der Waals surface area contributed by atoms with Gasteiger partial charge in [0, 0.05) is 12.1 Å². The van der Waals surface area contributed by atoms with Crippen LogP contribution < -0.4 is 10.1 Å². The van der Waals surface area contributed by atoms with Gasteiger partial charge in [0.1, 0.15) is 18.4 Å². The lowest BCUT2D eigenvalue weighted by Crippen LogP contribution is -2.74. The van der Waals surface area contributed by atoms with Gasteiger partial charge < -0.3 is 19.7 Å². The van der Waals surface area contributed by atoms with E-state index in [1.807, 2.05) is 30.3 Å². The highest BCUT2D eigenvalue weighted by Crippen LogP contribution is 2.27. The number of β-lactam (4-membered cyclic amide) rings is 1. The second kappa shape index (κ2) is 13.2. The number of non-ortho nitro benzene ring substituents is 1. The highest BCUT2D eigenvalue weighted by molar-refractivity contribution is 6.08. The van der Waals surface area contributed by atoms with Gasteiger partial charge >= 0.3 is 5.97 Å². The Labute approximate surface area is 235 Å². The molecule has 3 atom stereocenters. The molecule has 3 aromatic carbocycles. The van der Waals surface area contributed by atoms with Gasteiger partial charge in [-0.25, -0.2) is 4.79 Å². The van der Waals surface area contributed by atoms with Crippen molar-refractivity contribution in [1.82, 2.24) is 10.2 Å². The van der Waals surface area contributed by atoms with Crippen molar-refractivity contribution in [3.8, 4) is 5.75 Å². The van der Waals surface area contributed by atoms with Crippen LogP contribution in [0.15, 0.2) is 91.0 Å². The molecule has 0 radical (unpaired) electrons. The molecular formula is C30H27N3O8. The number of nitro groups is 1. The summed E-state index contributed by atoms with van der Waals surface area (Å²) >= 11 is 0. The quantitative estimate of drug-likeness (QED) is 0.118. The molecule has 1 unspecified atom stereocenters. The molecule has 1 N–H and O–H groups in total. The average molecular weight is 558 g/mol. The molecule has 41 heavy (non-hydrogen) atoms. The third kappa shape index (κ3) is 7.21. The molecule has 2 amide bonds. The number of carbonyl (C=O) groups is 4. The number of amides is 2. The highest BCUT2D eigenvalue weighted by Gasteiger charge is 2.53. The minimum Gasteiger partial charge on any atom is -0.484 e. The average Bonchev–Trinajstić information content (AvgIpc) is 2.98. The lowest BCUT2D eigenvalue weighted by Gasteiger charge is -2.48. The number of para-hydroxylation sites is 1. The standard InChI is InChI=1S/C30H27N3O8/c1-20(34)28(30(37)41-18-22-12-15-23(16-13-22)33(38)39)32-25(17-14-21-8-4-2-5-9-21)27(29(32)36)31-26(35)19-40-24-10-6-3-7-11-24/h2-17,25,27-28H,18-19H2,1H3,(H,31,35)/t25-,27+,28?/m0/s1. The lowest BCUT2D eigenvalue weighted by atomic mass is 9.90. The summed E-state index contributed by atoms with van der Waals surface area (Å²) in [6.45, 7) is 0.573. The zero-order valence-corrected chi connectivity index (χ0v) is 22.0. The van der Waals surface area contributed by atoms with Gasteiger partial charge in [-0.2, -0.15) is 0 Å². The maximum Gasteiger partial charge on any atom is 0.337 e. The lowest BCUT2D eigenvalue weighted by molar-refractivity contribution is -0.384. The molecule has 0 aromatic heterocycles. The van der Waals surface area contributed by atoms with Crippen LogP contribution in [0.4, 0.5) is 5.69 Å². The van der Waals surface area contributed by atoms with E-state index >= 15 is 0 Å². The fourth-order valence-electron chi connectivity index (χ4n) is 4.26. The first-order chi connectivity index (χ1) is 19.7. The van der Waals surface area contributed by atoms with E-state index in [0.717, 1.165) is 10.5 Å². The number of hydrogen-bond donors (Lipinski definition) is 1. The van der Waals surface area contributed by atoms with Crippen LogP contribution in [0.1, 0.15) is 18.1 Å². The van der Waals surface area contributed by atoms with Crippen molar-refractivity contribution in [3.63, 3.8) is 0 Å². The minimum absolute atomic E-state index is 0.122. The maximum atomic E-state index is 13.2. The molecular weight excluding hydrogens is 530 g/mol. The van der Waals surface area contributed by atoms with E-state index in [1.165, 1.54) is 31.2 Å². The van der Waals surface area contributed by atoms with Crippen LogP contribution in [0.3, 0.4) is 0 Å². The predicted octanol–water partition coefficient (Wildman–Crippen LogP) is 3.08. The molecule has 3 aromatic rings. The molecule has 1 aliphatic heterocycles. The van der Waals surface area contributed by atoms with E-state index in [1.54, 1.807) is 42.5 Å². The second-order valence-corrected chi connectivity index (χ2v) is 9.20. The molecule has 1 saturated heterocycles. The Morgan fingerprint density at radius 3 is 2.24 bits per heavy atom. The zero-order chi connectivity index (χ0) is 29.4. The number of Topliss-reactive ketones (excluding diaryl/α,β-unsaturated/α-hetero) is 1. The fraction of sp³-hybridized carbons (Fsp3) is 0.200. The Morgan fingerprint density at radius 2 is 1.63 bits per heavy atom. The monoisotopic (exact) mass is 557 g/mol. The van der Waals surface area contributed by atoms with Crippen molar-refractivity contribution in [2.45, 2.75) is 31.7 Å². The second-order valence-electron chi connectivity index (χ2n) is 9.20. The van der Waals surface area contributed by atoms with Crippen LogP contribution in [0.25, 0.3) is 6.08 Å². The Bertz CT molecular complexity index is 1440. The first-order valence-electron chi connectivity index (χ1n) is 12.7. The van der Waals surface area contributed by atoms with E-state index in [2.05, 4.69) is 5.32 Å².